The number of nitrogens with zero attached hydrogens (tertiary/aromatic N) is 1. The van der Waals surface area contributed by atoms with E-state index in [1.54, 1.807) is 0 Å². The minimum atomic E-state index is 0.0202. The molecule has 4 nitrogen and oxygen atoms in total. The quantitative estimate of drug-likeness (QED) is 0.737. The molecule has 0 aliphatic carbocycles. The molecule has 0 amide bonds. The first-order valence-electron chi connectivity index (χ1n) is 5.50. The van der Waals surface area contributed by atoms with Crippen molar-refractivity contribution < 1.29 is 5.11 Å². The number of anilines is 3. The average molecular weight is 227 g/mol. The van der Waals surface area contributed by atoms with Gasteiger partial charge in [0.1, 0.15) is 0 Å². The van der Waals surface area contributed by atoms with Gasteiger partial charge in [0, 0.05) is 5.56 Å². The first kappa shape index (κ1) is 9.99. The van der Waals surface area contributed by atoms with Crippen molar-refractivity contribution in [3.63, 3.8) is 0 Å². The Morgan fingerprint density at radius 2 is 1.47 bits per heavy atom. The number of fused-ring (bicyclic) bond motifs is 1. The van der Waals surface area contributed by atoms with Crippen molar-refractivity contribution in [2.24, 2.45) is 0 Å². The number of rotatable bonds is 2. The van der Waals surface area contributed by atoms with Crippen LogP contribution >= 0.6 is 0 Å². The van der Waals surface area contributed by atoms with E-state index in [0.29, 0.717) is 0 Å². The highest BCUT2D eigenvalue weighted by atomic mass is 16.3. The molecule has 1 heterocycles. The number of hydrogen-bond acceptors (Lipinski definition) is 4. The van der Waals surface area contributed by atoms with Gasteiger partial charge in [-0.2, -0.15) is 5.12 Å². The number of benzene rings is 2. The van der Waals surface area contributed by atoms with E-state index in [-0.39, 0.29) is 6.61 Å². The Morgan fingerprint density at radius 3 is 2.12 bits per heavy atom. The number of aliphatic hydroxyl groups is 1. The Morgan fingerprint density at radius 1 is 0.882 bits per heavy atom. The number of hydrazine groups is 2. The summed E-state index contributed by atoms with van der Waals surface area (Å²) in [4.78, 5) is 0. The van der Waals surface area contributed by atoms with Gasteiger partial charge in [-0.3, -0.25) is 10.9 Å². The molecule has 0 unspecified atom stereocenters. The standard InChI is InChI=1S/C13H13N3O/c17-9-10-5-1-4-8-13(10)16-14-11-6-2-3-7-12(11)15-16/h1-8,14-15,17H,9H2. The zero-order valence-electron chi connectivity index (χ0n) is 9.22. The highest BCUT2D eigenvalue weighted by molar-refractivity contribution is 5.79. The van der Waals surface area contributed by atoms with Crippen molar-refractivity contribution in [1.82, 2.24) is 0 Å². The fourth-order valence-electron chi connectivity index (χ4n) is 1.93. The molecule has 86 valence electrons. The van der Waals surface area contributed by atoms with Crippen LogP contribution in [0.15, 0.2) is 48.5 Å². The molecular formula is C13H13N3O. The molecule has 4 heteroatoms. The Kier molecular flexibility index (Phi) is 2.34. The second kappa shape index (κ2) is 3.99. The normalized spacial score (nSPS) is 12.9. The molecule has 0 fully saturated rings. The van der Waals surface area contributed by atoms with Crippen molar-refractivity contribution in [3.8, 4) is 0 Å². The summed E-state index contributed by atoms with van der Waals surface area (Å²) in [5.74, 6) is 0. The maximum atomic E-state index is 9.31. The highest BCUT2D eigenvalue weighted by Gasteiger charge is 2.18. The minimum absolute atomic E-state index is 0.0202. The molecule has 0 saturated carbocycles. The van der Waals surface area contributed by atoms with Crippen LogP contribution in [-0.4, -0.2) is 5.11 Å². The third kappa shape index (κ3) is 1.68. The Balaban J connectivity index is 1.94. The Hall–Kier alpha value is -2.20. The molecule has 1 aliphatic heterocycles. The van der Waals surface area contributed by atoms with E-state index in [1.165, 1.54) is 0 Å². The molecule has 0 atom stereocenters. The molecule has 2 aromatic carbocycles. The van der Waals surface area contributed by atoms with Gasteiger partial charge in [0.25, 0.3) is 0 Å². The van der Waals surface area contributed by atoms with Crippen LogP contribution < -0.4 is 16.0 Å². The van der Waals surface area contributed by atoms with E-state index in [4.69, 9.17) is 0 Å². The lowest BCUT2D eigenvalue weighted by atomic mass is 10.2. The van der Waals surface area contributed by atoms with Crippen molar-refractivity contribution in [1.29, 1.82) is 0 Å². The zero-order valence-corrected chi connectivity index (χ0v) is 9.22. The van der Waals surface area contributed by atoms with Gasteiger partial charge < -0.3 is 5.11 Å². The van der Waals surface area contributed by atoms with Crippen LogP contribution in [0.3, 0.4) is 0 Å². The van der Waals surface area contributed by atoms with Gasteiger partial charge in [-0.05, 0) is 18.2 Å². The van der Waals surface area contributed by atoms with Gasteiger partial charge in [-0.15, -0.1) is 0 Å². The molecule has 0 saturated heterocycles. The zero-order chi connectivity index (χ0) is 11.7. The van der Waals surface area contributed by atoms with Gasteiger partial charge in [-0.1, -0.05) is 30.3 Å². The fourth-order valence-corrected chi connectivity index (χ4v) is 1.93. The first-order valence-corrected chi connectivity index (χ1v) is 5.50. The highest BCUT2D eigenvalue weighted by Crippen LogP contribution is 2.31. The van der Waals surface area contributed by atoms with E-state index in [2.05, 4.69) is 10.9 Å². The third-order valence-corrected chi connectivity index (χ3v) is 2.79. The van der Waals surface area contributed by atoms with Crippen LogP contribution in [0.25, 0.3) is 0 Å². The smallest absolute Gasteiger partial charge is 0.0866 e. The molecule has 2 aromatic rings. The molecule has 17 heavy (non-hydrogen) atoms. The van der Waals surface area contributed by atoms with E-state index in [9.17, 15) is 5.11 Å². The number of hydrogen-bond donors (Lipinski definition) is 3. The van der Waals surface area contributed by atoms with Crippen LogP contribution in [0, 0.1) is 0 Å². The van der Waals surface area contributed by atoms with E-state index < -0.39 is 0 Å². The predicted octanol–water partition coefficient (Wildman–Crippen LogP) is 2.35. The molecule has 0 aromatic heterocycles. The average Bonchev–Trinajstić information content (AvgIpc) is 2.82. The van der Waals surface area contributed by atoms with Crippen molar-refractivity contribution in [3.05, 3.63) is 54.1 Å². The van der Waals surface area contributed by atoms with E-state index in [0.717, 1.165) is 22.6 Å². The van der Waals surface area contributed by atoms with E-state index >= 15 is 0 Å². The third-order valence-electron chi connectivity index (χ3n) is 2.79. The summed E-state index contributed by atoms with van der Waals surface area (Å²) < 4.78 is 0. The summed E-state index contributed by atoms with van der Waals surface area (Å²) in [5, 5.41) is 11.1. The second-order valence-electron chi connectivity index (χ2n) is 3.89. The number of aliphatic hydroxyl groups excluding tert-OH is 1. The van der Waals surface area contributed by atoms with Gasteiger partial charge >= 0.3 is 0 Å². The topological polar surface area (TPSA) is 47.5 Å². The molecule has 3 N–H and O–H groups in total. The summed E-state index contributed by atoms with van der Waals surface area (Å²) >= 11 is 0. The molecule has 3 rings (SSSR count). The second-order valence-corrected chi connectivity index (χ2v) is 3.89. The first-order chi connectivity index (χ1) is 8.38. The van der Waals surface area contributed by atoms with Gasteiger partial charge in [0.05, 0.1) is 23.7 Å². The predicted molar refractivity (Wildman–Crippen MR) is 68.5 cm³/mol. The molecular weight excluding hydrogens is 214 g/mol. The molecule has 0 bridgehead atoms. The Bertz CT molecular complexity index is 517. The Labute approximate surface area is 99.4 Å². The molecule has 0 spiro atoms. The number of para-hydroxylation sites is 3. The van der Waals surface area contributed by atoms with Gasteiger partial charge in [0.2, 0.25) is 0 Å². The van der Waals surface area contributed by atoms with Crippen molar-refractivity contribution in [2.75, 3.05) is 16.0 Å². The fraction of sp³-hybridized carbons (Fsp3) is 0.0769. The van der Waals surface area contributed by atoms with Crippen molar-refractivity contribution >= 4 is 17.1 Å². The summed E-state index contributed by atoms with van der Waals surface area (Å²) in [6, 6.07) is 15.7. The van der Waals surface area contributed by atoms with Crippen LogP contribution in [-0.2, 0) is 6.61 Å². The van der Waals surface area contributed by atoms with Crippen LogP contribution in [0.4, 0.5) is 17.1 Å². The lowest BCUT2D eigenvalue weighted by Gasteiger charge is -2.21. The largest absolute Gasteiger partial charge is 0.392 e. The lowest BCUT2D eigenvalue weighted by molar-refractivity contribution is 0.282. The maximum absolute atomic E-state index is 9.31. The summed E-state index contributed by atoms with van der Waals surface area (Å²) in [6.45, 7) is 0.0202. The van der Waals surface area contributed by atoms with Crippen molar-refractivity contribution in [2.45, 2.75) is 6.61 Å². The van der Waals surface area contributed by atoms with Crippen LogP contribution in [0.5, 0.6) is 0 Å². The maximum Gasteiger partial charge on any atom is 0.0866 e. The lowest BCUT2D eigenvalue weighted by Crippen LogP contribution is -2.30. The minimum Gasteiger partial charge on any atom is -0.392 e. The monoisotopic (exact) mass is 227 g/mol. The molecule has 1 aliphatic rings. The SMILES string of the molecule is OCc1ccccc1N1Nc2ccccc2N1. The summed E-state index contributed by atoms with van der Waals surface area (Å²) in [7, 11) is 0. The van der Waals surface area contributed by atoms with Gasteiger partial charge in [0.15, 0.2) is 0 Å². The van der Waals surface area contributed by atoms with Crippen LogP contribution in [0.2, 0.25) is 0 Å². The van der Waals surface area contributed by atoms with E-state index in [1.807, 2.05) is 53.6 Å². The van der Waals surface area contributed by atoms with Crippen LogP contribution in [0.1, 0.15) is 5.56 Å². The van der Waals surface area contributed by atoms with Gasteiger partial charge in [-0.25, -0.2) is 0 Å². The number of nitrogens with one attached hydrogen (secondary N) is 2. The summed E-state index contributed by atoms with van der Waals surface area (Å²) in [6.07, 6.45) is 0. The molecule has 0 radical (unpaired) electrons. The summed E-state index contributed by atoms with van der Waals surface area (Å²) in [5.41, 5.74) is 10.3.